The fourth-order valence-electron chi connectivity index (χ4n) is 3.33. The van der Waals surface area contributed by atoms with E-state index >= 15 is 0 Å². The van der Waals surface area contributed by atoms with E-state index in [1.807, 2.05) is 0 Å². The molecule has 7 nitrogen and oxygen atoms in total. The number of carbonyl (C=O) groups excluding carboxylic acids is 1. The van der Waals surface area contributed by atoms with Gasteiger partial charge in [-0.3, -0.25) is 15.1 Å². The van der Waals surface area contributed by atoms with Crippen molar-refractivity contribution in [3.8, 4) is 17.2 Å². The summed E-state index contributed by atoms with van der Waals surface area (Å²) in [4.78, 5) is 16.6. The zero-order chi connectivity index (χ0) is 26.2. The first-order chi connectivity index (χ1) is 17.2. The molecular weight excluding hydrogens is 488 g/mol. The Bertz CT molecular complexity index is 1290. The van der Waals surface area contributed by atoms with Crippen LogP contribution in [-0.2, 0) is 4.79 Å². The maximum Gasteiger partial charge on any atom is 0.253 e. The van der Waals surface area contributed by atoms with E-state index in [1.54, 1.807) is 25.3 Å². The maximum atomic E-state index is 14.8. The molecule has 0 atom stereocenters. The molecule has 1 aliphatic carbocycles. The molecule has 0 saturated heterocycles. The van der Waals surface area contributed by atoms with E-state index in [-0.39, 0.29) is 41.0 Å². The van der Waals surface area contributed by atoms with Crippen LogP contribution in [0.5, 0.6) is 17.2 Å². The van der Waals surface area contributed by atoms with Crippen molar-refractivity contribution < 1.29 is 27.8 Å². The van der Waals surface area contributed by atoms with Gasteiger partial charge in [0.1, 0.15) is 23.2 Å². The summed E-state index contributed by atoms with van der Waals surface area (Å²) in [6.45, 7) is 5.71. The molecule has 1 amide bonds. The average molecular weight is 514 g/mol. The van der Waals surface area contributed by atoms with E-state index < -0.39 is 11.7 Å². The lowest BCUT2D eigenvalue weighted by Gasteiger charge is -2.16. The quantitative estimate of drug-likeness (QED) is 0.256. The number of nitrogens with zero attached hydrogens (tertiary/aromatic N) is 1. The van der Waals surface area contributed by atoms with Crippen molar-refractivity contribution in [3.05, 3.63) is 71.8 Å². The highest BCUT2D eigenvalue weighted by atomic mass is 32.1. The van der Waals surface area contributed by atoms with E-state index in [9.17, 15) is 13.6 Å². The molecule has 0 bridgehead atoms. The van der Waals surface area contributed by atoms with Gasteiger partial charge in [0.15, 0.2) is 16.6 Å². The van der Waals surface area contributed by atoms with Crippen LogP contribution in [-0.4, -0.2) is 31.5 Å². The fourth-order valence-corrected chi connectivity index (χ4v) is 3.54. The predicted octanol–water partition coefficient (Wildman–Crippen LogP) is 6.00. The van der Waals surface area contributed by atoms with Gasteiger partial charge in [-0.05, 0) is 49.8 Å². The number of allylic oxidation sites excluding steroid dienone is 3. The molecule has 2 aromatic carbocycles. The minimum atomic E-state index is -0.669. The van der Waals surface area contributed by atoms with Crippen molar-refractivity contribution in [1.82, 2.24) is 5.32 Å². The number of hydrogen-bond donors (Lipinski definition) is 2. The molecule has 0 aromatic heterocycles. The Morgan fingerprint density at radius 2 is 1.83 bits per heavy atom. The summed E-state index contributed by atoms with van der Waals surface area (Å²) in [6.07, 6.45) is 4.65. The van der Waals surface area contributed by atoms with E-state index in [2.05, 4.69) is 22.2 Å². The molecule has 0 spiro atoms. The van der Waals surface area contributed by atoms with Crippen LogP contribution in [0.25, 0.3) is 5.76 Å². The number of thiocarbonyl (C=S) groups is 1. The Balaban J connectivity index is 1.70. The molecule has 0 aliphatic heterocycles. The number of ether oxygens (including phenoxy) is 3. The zero-order valence-corrected chi connectivity index (χ0v) is 20.8. The lowest BCUT2D eigenvalue weighted by molar-refractivity contribution is -0.116. The molecule has 2 N–H and O–H groups in total. The summed E-state index contributed by atoms with van der Waals surface area (Å²) in [5, 5.41) is 5.00. The number of rotatable bonds is 8. The number of aliphatic imine (C=N–C) groups is 1. The molecule has 0 heterocycles. The topological polar surface area (TPSA) is 81.2 Å². The normalized spacial score (nSPS) is 12.9. The Labute approximate surface area is 213 Å². The number of carbonyl (C=O) groups is 1. The van der Waals surface area contributed by atoms with Crippen LogP contribution < -0.4 is 24.8 Å². The van der Waals surface area contributed by atoms with Gasteiger partial charge >= 0.3 is 0 Å². The first-order valence-corrected chi connectivity index (χ1v) is 11.3. The minimum absolute atomic E-state index is 0.0317. The summed E-state index contributed by atoms with van der Waals surface area (Å²) < 4.78 is 44.3. The van der Waals surface area contributed by atoms with Crippen LogP contribution in [0.4, 0.5) is 20.2 Å². The van der Waals surface area contributed by atoms with Crippen molar-refractivity contribution >= 4 is 46.6 Å². The number of benzene rings is 2. The highest BCUT2D eigenvalue weighted by molar-refractivity contribution is 7.80. The number of anilines is 1. The second-order valence-corrected chi connectivity index (χ2v) is 7.90. The molecular formula is C26H25F2N3O4S. The van der Waals surface area contributed by atoms with Gasteiger partial charge in [0.25, 0.3) is 5.91 Å². The SMILES string of the molecule is C=C(Oc1ccc(NC(=S)NC(=O)C2=CC=C(F)CC2)c(F)c1)c1cc(OC)c(OC)cc1N=CC. The molecule has 1 aliphatic rings. The largest absolute Gasteiger partial charge is 0.493 e. The van der Waals surface area contributed by atoms with Crippen LogP contribution in [0.3, 0.4) is 0 Å². The Hall–Kier alpha value is -4.05. The first-order valence-electron chi connectivity index (χ1n) is 10.8. The van der Waals surface area contributed by atoms with Gasteiger partial charge in [-0.25, -0.2) is 8.78 Å². The van der Waals surface area contributed by atoms with Crippen molar-refractivity contribution in [2.45, 2.75) is 19.8 Å². The van der Waals surface area contributed by atoms with Crippen molar-refractivity contribution in [2.75, 3.05) is 19.5 Å². The minimum Gasteiger partial charge on any atom is -0.493 e. The van der Waals surface area contributed by atoms with Gasteiger partial charge in [0, 0.05) is 35.9 Å². The Morgan fingerprint density at radius 3 is 2.44 bits per heavy atom. The van der Waals surface area contributed by atoms with Gasteiger partial charge in [-0.1, -0.05) is 12.7 Å². The van der Waals surface area contributed by atoms with Crippen LogP contribution in [0.15, 0.2) is 65.5 Å². The molecule has 0 saturated carbocycles. The van der Waals surface area contributed by atoms with Gasteiger partial charge in [0.05, 0.1) is 25.6 Å². The van der Waals surface area contributed by atoms with E-state index in [4.69, 9.17) is 26.4 Å². The highest BCUT2D eigenvalue weighted by Gasteiger charge is 2.17. The third-order valence-electron chi connectivity index (χ3n) is 5.12. The monoisotopic (exact) mass is 513 g/mol. The van der Waals surface area contributed by atoms with E-state index in [1.165, 1.54) is 38.5 Å². The van der Waals surface area contributed by atoms with Crippen molar-refractivity contribution in [3.63, 3.8) is 0 Å². The summed E-state index contributed by atoms with van der Waals surface area (Å²) in [5.41, 5.74) is 1.48. The molecule has 0 radical (unpaired) electrons. The second kappa shape index (κ2) is 12.1. The standard InChI is InChI=1S/C26H25F2N3O4S/c1-5-29-22-14-24(34-4)23(33-3)13-19(22)15(2)35-18-10-11-21(20(28)12-18)30-26(36)31-25(32)16-6-8-17(27)9-7-16/h5-6,8,10-14H,2,7,9H2,1,3-4H3,(H2,30,31,32,36). The number of amides is 1. The second-order valence-electron chi connectivity index (χ2n) is 7.49. The summed E-state index contributed by atoms with van der Waals surface area (Å²) in [7, 11) is 3.02. The third kappa shape index (κ3) is 6.54. The zero-order valence-electron chi connectivity index (χ0n) is 20.0. The molecule has 3 rings (SSSR count). The molecule has 0 unspecified atom stereocenters. The molecule has 10 heteroatoms. The third-order valence-corrected chi connectivity index (χ3v) is 5.32. The average Bonchev–Trinajstić information content (AvgIpc) is 2.85. The smallest absolute Gasteiger partial charge is 0.253 e. The Morgan fingerprint density at radius 1 is 1.11 bits per heavy atom. The van der Waals surface area contributed by atoms with Crippen molar-refractivity contribution in [2.24, 2.45) is 4.99 Å². The van der Waals surface area contributed by atoms with Crippen LogP contribution >= 0.6 is 12.2 Å². The first kappa shape index (κ1) is 26.6. The molecule has 188 valence electrons. The number of methoxy groups -OCH3 is 2. The van der Waals surface area contributed by atoms with Crippen LogP contribution in [0, 0.1) is 5.82 Å². The van der Waals surface area contributed by atoms with Gasteiger partial charge in [0.2, 0.25) is 0 Å². The highest BCUT2D eigenvalue weighted by Crippen LogP contribution is 2.38. The van der Waals surface area contributed by atoms with Crippen LogP contribution in [0.1, 0.15) is 25.3 Å². The molecule has 36 heavy (non-hydrogen) atoms. The summed E-state index contributed by atoms with van der Waals surface area (Å²) >= 11 is 5.11. The van der Waals surface area contributed by atoms with Crippen LogP contribution in [0.2, 0.25) is 0 Å². The lowest BCUT2D eigenvalue weighted by Crippen LogP contribution is -2.35. The van der Waals surface area contributed by atoms with Gasteiger partial charge < -0.3 is 19.5 Å². The van der Waals surface area contributed by atoms with Gasteiger partial charge in [-0.2, -0.15) is 0 Å². The van der Waals surface area contributed by atoms with Crippen molar-refractivity contribution in [1.29, 1.82) is 0 Å². The molecule has 0 fully saturated rings. The molecule has 2 aromatic rings. The number of hydrogen-bond acceptors (Lipinski definition) is 6. The predicted molar refractivity (Wildman–Crippen MR) is 140 cm³/mol. The number of nitrogens with one attached hydrogen (secondary N) is 2. The Kier molecular flexibility index (Phi) is 8.91. The van der Waals surface area contributed by atoms with E-state index in [0.29, 0.717) is 28.3 Å². The summed E-state index contributed by atoms with van der Waals surface area (Å²) in [6, 6.07) is 7.43. The van der Waals surface area contributed by atoms with E-state index in [0.717, 1.165) is 6.07 Å². The fraction of sp³-hybridized carbons (Fsp3) is 0.192. The lowest BCUT2D eigenvalue weighted by atomic mass is 10.0. The number of halogens is 2. The summed E-state index contributed by atoms with van der Waals surface area (Å²) in [5.74, 6) is -0.0987. The van der Waals surface area contributed by atoms with Gasteiger partial charge in [-0.15, -0.1) is 0 Å². The maximum absolute atomic E-state index is 14.8.